The lowest BCUT2D eigenvalue weighted by molar-refractivity contribution is 0.484. The Morgan fingerprint density at radius 1 is 1.00 bits per heavy atom. The van der Waals surface area contributed by atoms with E-state index in [1.54, 1.807) is 0 Å². The Kier molecular flexibility index (Phi) is 5.01. The van der Waals surface area contributed by atoms with Gasteiger partial charge in [0.2, 0.25) is 0 Å². The maximum atomic E-state index is 11.3. The molecule has 0 saturated heterocycles. The van der Waals surface area contributed by atoms with Crippen LogP contribution in [0.4, 0.5) is 0 Å². The van der Waals surface area contributed by atoms with Gasteiger partial charge in [-0.1, -0.05) is 42.5 Å². The van der Waals surface area contributed by atoms with Gasteiger partial charge in [0, 0.05) is 18.3 Å². The van der Waals surface area contributed by atoms with Crippen molar-refractivity contribution in [3.63, 3.8) is 0 Å². The van der Waals surface area contributed by atoms with Crippen LogP contribution < -0.4 is 5.32 Å². The van der Waals surface area contributed by atoms with Gasteiger partial charge in [-0.3, -0.25) is 0 Å². The molecule has 0 aliphatic heterocycles. The summed E-state index contributed by atoms with van der Waals surface area (Å²) in [6.45, 7) is 4.01. The van der Waals surface area contributed by atoms with Gasteiger partial charge in [0.05, 0.1) is 5.75 Å². The van der Waals surface area contributed by atoms with Crippen LogP contribution in [0.3, 0.4) is 0 Å². The van der Waals surface area contributed by atoms with Gasteiger partial charge >= 0.3 is 0 Å². The molecule has 2 aromatic carbocycles. The Hall–Kier alpha value is -1.39. The zero-order valence-corrected chi connectivity index (χ0v) is 13.7. The van der Waals surface area contributed by atoms with Gasteiger partial charge < -0.3 is 5.32 Å². The van der Waals surface area contributed by atoms with E-state index in [4.69, 9.17) is 0 Å². The molecule has 3 nitrogen and oxygen atoms in total. The summed E-state index contributed by atoms with van der Waals surface area (Å²) in [5, 5.41) is 5.84. The second-order valence-corrected chi connectivity index (χ2v) is 8.13. The monoisotopic (exact) mass is 305 g/mol. The molecule has 0 amide bonds. The van der Waals surface area contributed by atoms with Crippen molar-refractivity contribution in [1.29, 1.82) is 0 Å². The van der Waals surface area contributed by atoms with Gasteiger partial charge in [0.15, 0.2) is 0 Å². The minimum absolute atomic E-state index is 0.0320. The van der Waals surface area contributed by atoms with E-state index in [-0.39, 0.29) is 17.8 Å². The molecule has 21 heavy (non-hydrogen) atoms. The molecule has 2 atom stereocenters. The maximum Gasteiger partial charge on any atom is 0.148 e. The summed E-state index contributed by atoms with van der Waals surface area (Å²) < 4.78 is 22.6. The predicted octanol–water partition coefficient (Wildman–Crippen LogP) is 2.79. The Balaban J connectivity index is 1.99. The van der Waals surface area contributed by atoms with Crippen LogP contribution in [0.2, 0.25) is 0 Å². The van der Waals surface area contributed by atoms with Crippen LogP contribution in [0.15, 0.2) is 42.5 Å². The highest BCUT2D eigenvalue weighted by Crippen LogP contribution is 2.16. The van der Waals surface area contributed by atoms with Crippen molar-refractivity contribution in [2.45, 2.75) is 32.4 Å². The molecule has 0 fully saturated rings. The van der Waals surface area contributed by atoms with E-state index in [1.165, 1.54) is 22.6 Å². The fourth-order valence-corrected chi connectivity index (χ4v) is 3.77. The molecule has 114 valence electrons. The number of benzene rings is 2. The lowest BCUT2D eigenvalue weighted by atomic mass is 10.0. The standard InChI is InChI=1S/C17H23NO2S/c1-13(18-14(2)12-21(3,19)20)10-15-8-9-16-6-4-5-7-17(16)11-15/h4-9,11,13-14,18H,10,12H2,1-3H3/t13-,14-/m1/s1. The van der Waals surface area contributed by atoms with Crippen molar-refractivity contribution >= 4 is 20.6 Å². The van der Waals surface area contributed by atoms with Gasteiger partial charge in [-0.25, -0.2) is 8.42 Å². The largest absolute Gasteiger partial charge is 0.310 e. The molecule has 0 spiro atoms. The number of sulfone groups is 1. The van der Waals surface area contributed by atoms with E-state index in [1.807, 2.05) is 19.1 Å². The minimum Gasteiger partial charge on any atom is -0.310 e. The zero-order valence-electron chi connectivity index (χ0n) is 12.8. The molecule has 0 aliphatic rings. The second-order valence-electron chi connectivity index (χ2n) is 5.95. The van der Waals surface area contributed by atoms with Crippen molar-refractivity contribution in [2.75, 3.05) is 12.0 Å². The van der Waals surface area contributed by atoms with Crippen LogP contribution in [0.5, 0.6) is 0 Å². The van der Waals surface area contributed by atoms with E-state index in [9.17, 15) is 8.42 Å². The molecule has 0 aromatic heterocycles. The molecule has 0 radical (unpaired) electrons. The van der Waals surface area contributed by atoms with E-state index in [0.717, 1.165) is 6.42 Å². The molecular formula is C17H23NO2S. The average Bonchev–Trinajstić information content (AvgIpc) is 2.35. The lowest BCUT2D eigenvalue weighted by Gasteiger charge is -2.19. The molecule has 0 heterocycles. The third-order valence-corrected chi connectivity index (χ3v) is 4.58. The number of nitrogens with one attached hydrogen (secondary N) is 1. The predicted molar refractivity (Wildman–Crippen MR) is 89.4 cm³/mol. The molecular weight excluding hydrogens is 282 g/mol. The van der Waals surface area contributed by atoms with Crippen LogP contribution in [0.1, 0.15) is 19.4 Å². The molecule has 2 rings (SSSR count). The number of fused-ring (bicyclic) bond motifs is 1. The lowest BCUT2D eigenvalue weighted by Crippen LogP contribution is -2.39. The molecule has 0 unspecified atom stereocenters. The quantitative estimate of drug-likeness (QED) is 0.892. The molecule has 0 saturated carbocycles. The smallest absolute Gasteiger partial charge is 0.148 e. The third-order valence-electron chi connectivity index (χ3n) is 3.48. The van der Waals surface area contributed by atoms with Gasteiger partial charge in [-0.2, -0.15) is 0 Å². The molecule has 0 aliphatic carbocycles. The fraction of sp³-hybridized carbons (Fsp3) is 0.412. The van der Waals surface area contributed by atoms with Crippen LogP contribution in [0.25, 0.3) is 10.8 Å². The summed E-state index contributed by atoms with van der Waals surface area (Å²) in [5.41, 5.74) is 1.26. The van der Waals surface area contributed by atoms with Crippen molar-refractivity contribution in [1.82, 2.24) is 5.32 Å². The van der Waals surface area contributed by atoms with Crippen LogP contribution in [-0.4, -0.2) is 32.5 Å². The summed E-state index contributed by atoms with van der Waals surface area (Å²) in [4.78, 5) is 0. The summed E-state index contributed by atoms with van der Waals surface area (Å²) in [6, 6.07) is 15.0. The third kappa shape index (κ3) is 5.14. The molecule has 1 N–H and O–H groups in total. The SMILES string of the molecule is C[C@H](Cc1ccc2ccccc2c1)N[C@H](C)CS(C)(=O)=O. The van der Waals surface area contributed by atoms with E-state index < -0.39 is 9.84 Å². The number of rotatable bonds is 6. The highest BCUT2D eigenvalue weighted by atomic mass is 32.2. The van der Waals surface area contributed by atoms with Gasteiger partial charge in [-0.05, 0) is 36.6 Å². The minimum atomic E-state index is -2.93. The van der Waals surface area contributed by atoms with Gasteiger partial charge in [0.1, 0.15) is 9.84 Å². The Labute approximate surface area is 127 Å². The van der Waals surface area contributed by atoms with E-state index in [0.29, 0.717) is 0 Å². The summed E-state index contributed by atoms with van der Waals surface area (Å²) >= 11 is 0. The van der Waals surface area contributed by atoms with Gasteiger partial charge in [-0.15, -0.1) is 0 Å². The van der Waals surface area contributed by atoms with Crippen molar-refractivity contribution in [3.05, 3.63) is 48.0 Å². The summed E-state index contributed by atoms with van der Waals surface area (Å²) in [5.74, 6) is 0.176. The Bertz CT molecular complexity index is 710. The van der Waals surface area contributed by atoms with E-state index in [2.05, 4.69) is 42.6 Å². The van der Waals surface area contributed by atoms with Crippen molar-refractivity contribution < 1.29 is 8.42 Å². The van der Waals surface area contributed by atoms with E-state index >= 15 is 0 Å². The first-order valence-corrected chi connectivity index (χ1v) is 9.31. The molecule has 4 heteroatoms. The van der Waals surface area contributed by atoms with Crippen LogP contribution in [-0.2, 0) is 16.3 Å². The maximum absolute atomic E-state index is 11.3. The van der Waals surface area contributed by atoms with Crippen molar-refractivity contribution in [2.24, 2.45) is 0 Å². The number of hydrogen-bond donors (Lipinski definition) is 1. The van der Waals surface area contributed by atoms with Crippen LogP contribution >= 0.6 is 0 Å². The second kappa shape index (κ2) is 6.58. The highest BCUT2D eigenvalue weighted by Gasteiger charge is 2.13. The van der Waals surface area contributed by atoms with Gasteiger partial charge in [0.25, 0.3) is 0 Å². The molecule has 0 bridgehead atoms. The Morgan fingerprint density at radius 3 is 2.33 bits per heavy atom. The summed E-state index contributed by atoms with van der Waals surface area (Å²) in [6.07, 6.45) is 2.16. The zero-order chi connectivity index (χ0) is 15.5. The first-order valence-electron chi connectivity index (χ1n) is 7.25. The number of hydrogen-bond acceptors (Lipinski definition) is 3. The summed E-state index contributed by atoms with van der Waals surface area (Å²) in [7, 11) is -2.93. The molecule has 2 aromatic rings. The first kappa shape index (κ1) is 16.0. The Morgan fingerprint density at radius 2 is 1.67 bits per heavy atom. The van der Waals surface area contributed by atoms with Crippen LogP contribution in [0, 0.1) is 0 Å². The fourth-order valence-electron chi connectivity index (χ4n) is 2.77. The topological polar surface area (TPSA) is 46.2 Å². The first-order chi connectivity index (χ1) is 9.83. The normalized spacial score (nSPS) is 15.0. The van der Waals surface area contributed by atoms with Crippen molar-refractivity contribution in [3.8, 4) is 0 Å². The highest BCUT2D eigenvalue weighted by molar-refractivity contribution is 7.90. The average molecular weight is 305 g/mol.